The zero-order valence-electron chi connectivity index (χ0n) is 16.0. The summed E-state index contributed by atoms with van der Waals surface area (Å²) in [5.74, 6) is -0.226. The number of aliphatic imine (C=N–C) groups is 2. The maximum Gasteiger partial charge on any atom is 0.273 e. The second-order valence-corrected chi connectivity index (χ2v) is 7.24. The molecule has 0 aliphatic carbocycles. The van der Waals surface area contributed by atoms with Crippen LogP contribution in [0, 0.1) is 5.92 Å². The fraction of sp³-hybridized carbons (Fsp3) is 0.160. The van der Waals surface area contributed by atoms with Gasteiger partial charge in [0.1, 0.15) is 5.71 Å². The Labute approximate surface area is 170 Å². The van der Waals surface area contributed by atoms with Crippen molar-refractivity contribution in [3.8, 4) is 0 Å². The molecule has 0 radical (unpaired) electrons. The van der Waals surface area contributed by atoms with Gasteiger partial charge in [0.25, 0.3) is 5.91 Å². The average Bonchev–Trinajstić information content (AvgIpc) is 2.93. The molecule has 0 bridgehead atoms. The van der Waals surface area contributed by atoms with Crippen LogP contribution < -0.4 is 4.90 Å². The highest BCUT2D eigenvalue weighted by Gasteiger charge is 2.49. The summed E-state index contributed by atoms with van der Waals surface area (Å²) < 4.78 is 0. The largest absolute Gasteiger partial charge is 0.299 e. The molecule has 0 unspecified atom stereocenters. The normalized spacial score (nSPS) is 21.2. The van der Waals surface area contributed by atoms with Crippen LogP contribution in [-0.2, 0) is 4.79 Å². The average molecular weight is 379 g/mol. The van der Waals surface area contributed by atoms with Crippen LogP contribution in [0.5, 0.6) is 0 Å². The number of carbonyl (C=O) groups is 1. The smallest absolute Gasteiger partial charge is 0.273 e. The first-order valence-electron chi connectivity index (χ1n) is 9.92. The summed E-state index contributed by atoms with van der Waals surface area (Å²) in [4.78, 5) is 25.1. The van der Waals surface area contributed by atoms with Crippen LogP contribution in [0.1, 0.15) is 17.2 Å². The van der Waals surface area contributed by atoms with Crippen LogP contribution in [-0.4, -0.2) is 30.4 Å². The van der Waals surface area contributed by atoms with E-state index in [0.29, 0.717) is 18.8 Å². The Kier molecular flexibility index (Phi) is 4.53. The molecule has 2 atom stereocenters. The van der Waals surface area contributed by atoms with Crippen LogP contribution in [0.2, 0.25) is 0 Å². The Morgan fingerprint density at radius 2 is 1.24 bits per heavy atom. The van der Waals surface area contributed by atoms with Crippen molar-refractivity contribution >= 4 is 23.0 Å². The molecule has 5 rings (SSSR count). The predicted octanol–water partition coefficient (Wildman–Crippen LogP) is 4.33. The molecule has 0 aromatic heterocycles. The highest BCUT2D eigenvalue weighted by Crippen LogP contribution is 2.42. The van der Waals surface area contributed by atoms with E-state index in [-0.39, 0.29) is 17.9 Å². The highest BCUT2D eigenvalue weighted by molar-refractivity contribution is 6.51. The van der Waals surface area contributed by atoms with E-state index in [1.807, 2.05) is 71.6 Å². The third-order valence-corrected chi connectivity index (χ3v) is 5.53. The molecular weight excluding hydrogens is 358 g/mol. The molecular formula is C25H21N3O. The molecule has 4 heteroatoms. The molecule has 29 heavy (non-hydrogen) atoms. The summed E-state index contributed by atoms with van der Waals surface area (Å²) in [7, 11) is 0. The van der Waals surface area contributed by atoms with Gasteiger partial charge < -0.3 is 0 Å². The first kappa shape index (κ1) is 17.6. The van der Waals surface area contributed by atoms with Gasteiger partial charge >= 0.3 is 0 Å². The van der Waals surface area contributed by atoms with Gasteiger partial charge in [-0.05, 0) is 23.3 Å². The topological polar surface area (TPSA) is 45.0 Å². The molecule has 1 fully saturated rings. The Hall–Kier alpha value is -3.53. The fourth-order valence-corrected chi connectivity index (χ4v) is 4.30. The lowest BCUT2D eigenvalue weighted by atomic mass is 9.85. The number of anilines is 1. The minimum absolute atomic E-state index is 0.0272. The van der Waals surface area contributed by atoms with Crippen LogP contribution >= 0.6 is 0 Å². The van der Waals surface area contributed by atoms with Gasteiger partial charge in [0.2, 0.25) is 0 Å². The van der Waals surface area contributed by atoms with Crippen molar-refractivity contribution in [1.82, 2.24) is 0 Å². The van der Waals surface area contributed by atoms with E-state index in [1.54, 1.807) is 0 Å². The van der Waals surface area contributed by atoms with Crippen LogP contribution in [0.4, 0.5) is 5.69 Å². The lowest BCUT2D eigenvalue weighted by molar-refractivity contribution is -0.112. The molecule has 142 valence electrons. The van der Waals surface area contributed by atoms with Crippen LogP contribution in [0.3, 0.4) is 0 Å². The Balaban J connectivity index is 1.72. The molecule has 3 aromatic rings. The van der Waals surface area contributed by atoms with E-state index in [1.165, 1.54) is 0 Å². The third kappa shape index (κ3) is 3.07. The van der Waals surface area contributed by atoms with Crippen molar-refractivity contribution < 1.29 is 4.79 Å². The van der Waals surface area contributed by atoms with Gasteiger partial charge in [-0.15, -0.1) is 0 Å². The summed E-state index contributed by atoms with van der Waals surface area (Å²) in [5.41, 5.74) is 4.58. The zero-order chi connectivity index (χ0) is 19.6. The van der Waals surface area contributed by atoms with Gasteiger partial charge in [0, 0.05) is 5.69 Å². The first-order valence-corrected chi connectivity index (χ1v) is 9.92. The molecule has 1 saturated heterocycles. The van der Waals surface area contributed by atoms with Crippen molar-refractivity contribution in [3.63, 3.8) is 0 Å². The second kappa shape index (κ2) is 7.47. The minimum Gasteiger partial charge on any atom is -0.299 e. The summed E-state index contributed by atoms with van der Waals surface area (Å²) in [6.45, 7) is 1.14. The van der Waals surface area contributed by atoms with Crippen molar-refractivity contribution in [2.24, 2.45) is 15.9 Å². The maximum atomic E-state index is 13.6. The first-order chi connectivity index (χ1) is 14.3. The minimum atomic E-state index is -0.199. The van der Waals surface area contributed by atoms with Crippen molar-refractivity contribution in [1.29, 1.82) is 0 Å². The van der Waals surface area contributed by atoms with E-state index < -0.39 is 0 Å². The standard InChI is InChI=1S/C25H21N3O/c29-25-23-21(22(26-16-17-27-23)18-10-4-1-5-11-18)24(19-12-6-2-7-13-19)28(25)20-14-8-3-9-15-20/h1-15,21,24H,16-17H2/t21-,24+/m0/s1. The van der Waals surface area contributed by atoms with E-state index in [2.05, 4.69) is 24.3 Å². The van der Waals surface area contributed by atoms with Crippen molar-refractivity contribution in [2.75, 3.05) is 18.0 Å². The number of amides is 1. The number of para-hydroxylation sites is 1. The predicted molar refractivity (Wildman–Crippen MR) is 117 cm³/mol. The van der Waals surface area contributed by atoms with Gasteiger partial charge in [-0.1, -0.05) is 78.9 Å². The van der Waals surface area contributed by atoms with Gasteiger partial charge in [0.05, 0.1) is 30.8 Å². The van der Waals surface area contributed by atoms with E-state index in [9.17, 15) is 4.79 Å². The maximum absolute atomic E-state index is 13.6. The lowest BCUT2D eigenvalue weighted by Gasteiger charge is -2.29. The lowest BCUT2D eigenvalue weighted by Crippen LogP contribution is -2.31. The Morgan fingerprint density at radius 1 is 0.690 bits per heavy atom. The number of hydrogen-bond acceptors (Lipinski definition) is 3. The number of rotatable bonds is 3. The van der Waals surface area contributed by atoms with E-state index >= 15 is 0 Å². The number of hydrogen-bond donors (Lipinski definition) is 0. The van der Waals surface area contributed by atoms with E-state index in [4.69, 9.17) is 9.98 Å². The molecule has 4 nitrogen and oxygen atoms in total. The molecule has 2 aliphatic heterocycles. The second-order valence-electron chi connectivity index (χ2n) is 7.24. The summed E-state index contributed by atoms with van der Waals surface area (Å²) in [5, 5.41) is 0. The highest BCUT2D eigenvalue weighted by atomic mass is 16.2. The quantitative estimate of drug-likeness (QED) is 0.668. The van der Waals surface area contributed by atoms with Gasteiger partial charge in [-0.2, -0.15) is 0 Å². The number of carbonyl (C=O) groups excluding carboxylic acids is 1. The Morgan fingerprint density at radius 3 is 1.90 bits per heavy atom. The monoisotopic (exact) mass is 379 g/mol. The fourth-order valence-electron chi connectivity index (χ4n) is 4.30. The van der Waals surface area contributed by atoms with Crippen molar-refractivity contribution in [3.05, 3.63) is 102 Å². The molecule has 3 aromatic carbocycles. The molecule has 0 saturated carbocycles. The Bertz CT molecular complexity index is 1070. The molecule has 2 aliphatic rings. The van der Waals surface area contributed by atoms with E-state index in [0.717, 1.165) is 22.5 Å². The SMILES string of the molecule is O=C1C2=NCCN=C(c3ccccc3)[C@@H]2[C@@H](c2ccccc2)N1c1ccccc1. The number of fused-ring (bicyclic) bond motifs is 1. The molecule has 0 spiro atoms. The van der Waals surface area contributed by atoms with Gasteiger partial charge in [-0.3, -0.25) is 19.7 Å². The molecule has 2 heterocycles. The third-order valence-electron chi connectivity index (χ3n) is 5.53. The van der Waals surface area contributed by atoms with Crippen LogP contribution in [0.15, 0.2) is 101 Å². The molecule has 0 N–H and O–H groups in total. The van der Waals surface area contributed by atoms with Crippen molar-refractivity contribution in [2.45, 2.75) is 6.04 Å². The number of nitrogens with zero attached hydrogens (tertiary/aromatic N) is 3. The zero-order valence-corrected chi connectivity index (χ0v) is 16.0. The summed E-state index contributed by atoms with van der Waals surface area (Å²) >= 11 is 0. The van der Waals surface area contributed by atoms with Crippen LogP contribution in [0.25, 0.3) is 0 Å². The van der Waals surface area contributed by atoms with Gasteiger partial charge in [0.15, 0.2) is 0 Å². The summed E-state index contributed by atoms with van der Waals surface area (Å²) in [6, 6.07) is 30.1. The number of benzene rings is 3. The molecule has 1 amide bonds. The summed E-state index contributed by atoms with van der Waals surface area (Å²) in [6.07, 6.45) is 0. The van der Waals surface area contributed by atoms with Gasteiger partial charge in [-0.25, -0.2) is 0 Å².